The van der Waals surface area contributed by atoms with Crippen molar-refractivity contribution in [2.75, 3.05) is 31.1 Å². The Balaban J connectivity index is 1.29. The van der Waals surface area contributed by atoms with Gasteiger partial charge in [-0.1, -0.05) is 19.1 Å². The van der Waals surface area contributed by atoms with Crippen LogP contribution in [0.25, 0.3) is 16.8 Å². The molecule has 0 aliphatic carbocycles. The first-order valence-corrected chi connectivity index (χ1v) is 11.6. The maximum Gasteiger partial charge on any atom is 0.222 e. The summed E-state index contributed by atoms with van der Waals surface area (Å²) >= 11 is 0. The van der Waals surface area contributed by atoms with Crippen LogP contribution in [0.5, 0.6) is 0 Å². The van der Waals surface area contributed by atoms with E-state index in [-0.39, 0.29) is 5.91 Å². The van der Waals surface area contributed by atoms with E-state index in [4.69, 9.17) is 9.40 Å². The van der Waals surface area contributed by atoms with Crippen LogP contribution in [0.4, 0.5) is 5.69 Å². The SMILES string of the molecule is CCCC(=O)N1CCN(c2ccc(-c3cnc(CCc4ccco4)n4cnnc34)cc2)CC1. The average Bonchev–Trinajstić information content (AvgIpc) is 3.56. The Hall–Kier alpha value is -3.68. The van der Waals surface area contributed by atoms with Crippen molar-refractivity contribution in [1.29, 1.82) is 0 Å². The molecule has 1 aliphatic rings. The maximum atomic E-state index is 12.1. The van der Waals surface area contributed by atoms with E-state index in [2.05, 4.69) is 39.4 Å². The predicted octanol–water partition coefficient (Wildman–Crippen LogP) is 3.62. The molecule has 8 nitrogen and oxygen atoms in total. The monoisotopic (exact) mass is 444 g/mol. The van der Waals surface area contributed by atoms with Crippen molar-refractivity contribution in [3.63, 3.8) is 0 Å². The molecule has 1 amide bonds. The third-order valence-electron chi connectivity index (χ3n) is 6.22. The molecule has 0 radical (unpaired) electrons. The highest BCUT2D eigenvalue weighted by Gasteiger charge is 2.21. The lowest BCUT2D eigenvalue weighted by Crippen LogP contribution is -2.48. The van der Waals surface area contributed by atoms with Gasteiger partial charge in [-0.05, 0) is 36.2 Å². The minimum atomic E-state index is 0.268. The van der Waals surface area contributed by atoms with Crippen molar-refractivity contribution >= 4 is 17.2 Å². The van der Waals surface area contributed by atoms with E-state index in [0.717, 1.165) is 73.8 Å². The molecular formula is C25H28N6O2. The third kappa shape index (κ3) is 4.46. The van der Waals surface area contributed by atoms with Crippen LogP contribution in [0.15, 0.2) is 59.6 Å². The van der Waals surface area contributed by atoms with Gasteiger partial charge in [0.1, 0.15) is 17.9 Å². The van der Waals surface area contributed by atoms with Gasteiger partial charge in [0.15, 0.2) is 5.65 Å². The van der Waals surface area contributed by atoms with Gasteiger partial charge >= 0.3 is 0 Å². The number of benzene rings is 1. The summed E-state index contributed by atoms with van der Waals surface area (Å²) < 4.78 is 7.40. The minimum absolute atomic E-state index is 0.268. The molecule has 4 heterocycles. The molecule has 170 valence electrons. The van der Waals surface area contributed by atoms with Gasteiger partial charge < -0.3 is 14.2 Å². The number of furan rings is 1. The quantitative estimate of drug-likeness (QED) is 0.433. The molecule has 5 rings (SSSR count). The molecule has 0 N–H and O–H groups in total. The summed E-state index contributed by atoms with van der Waals surface area (Å²) in [6, 6.07) is 12.4. The first-order valence-electron chi connectivity index (χ1n) is 11.6. The van der Waals surface area contributed by atoms with E-state index in [0.29, 0.717) is 6.42 Å². The van der Waals surface area contributed by atoms with Gasteiger partial charge in [0.25, 0.3) is 0 Å². The van der Waals surface area contributed by atoms with Crippen molar-refractivity contribution in [3.8, 4) is 11.1 Å². The van der Waals surface area contributed by atoms with E-state index < -0.39 is 0 Å². The van der Waals surface area contributed by atoms with Crippen molar-refractivity contribution in [2.24, 2.45) is 0 Å². The molecule has 1 saturated heterocycles. The number of aryl methyl sites for hydroxylation is 2. The zero-order valence-electron chi connectivity index (χ0n) is 18.9. The summed E-state index contributed by atoms with van der Waals surface area (Å²) in [5, 5.41) is 8.48. The molecule has 1 aliphatic heterocycles. The fourth-order valence-corrected chi connectivity index (χ4v) is 4.38. The van der Waals surface area contributed by atoms with Crippen LogP contribution in [-0.2, 0) is 17.6 Å². The second-order valence-electron chi connectivity index (χ2n) is 8.36. The summed E-state index contributed by atoms with van der Waals surface area (Å²) in [6.07, 6.45) is 8.36. The molecule has 0 unspecified atom stereocenters. The molecule has 0 saturated carbocycles. The van der Waals surface area contributed by atoms with E-state index in [9.17, 15) is 4.79 Å². The van der Waals surface area contributed by atoms with Crippen molar-refractivity contribution < 1.29 is 9.21 Å². The number of anilines is 1. The Morgan fingerprint density at radius 2 is 1.88 bits per heavy atom. The first kappa shape index (κ1) is 21.2. The number of amides is 1. The largest absolute Gasteiger partial charge is 0.469 e. The summed E-state index contributed by atoms with van der Waals surface area (Å²) in [5.41, 5.74) is 3.98. The molecule has 1 fully saturated rings. The Bertz CT molecular complexity index is 1210. The molecule has 33 heavy (non-hydrogen) atoms. The smallest absolute Gasteiger partial charge is 0.222 e. The number of hydrogen-bond acceptors (Lipinski definition) is 6. The Morgan fingerprint density at radius 3 is 2.61 bits per heavy atom. The highest BCUT2D eigenvalue weighted by Crippen LogP contribution is 2.27. The van der Waals surface area contributed by atoms with Gasteiger partial charge in [-0.15, -0.1) is 10.2 Å². The number of carbonyl (C=O) groups excluding carboxylic acids is 1. The molecule has 1 aromatic carbocycles. The predicted molar refractivity (Wildman–Crippen MR) is 126 cm³/mol. The summed E-state index contributed by atoms with van der Waals surface area (Å²) in [6.45, 7) is 5.33. The normalized spacial score (nSPS) is 14.2. The van der Waals surface area contributed by atoms with Crippen LogP contribution in [0.3, 0.4) is 0 Å². The van der Waals surface area contributed by atoms with Crippen LogP contribution in [0.2, 0.25) is 0 Å². The summed E-state index contributed by atoms with van der Waals surface area (Å²) in [4.78, 5) is 21.2. The number of hydrogen-bond donors (Lipinski definition) is 0. The molecule has 4 aromatic rings. The van der Waals surface area contributed by atoms with Crippen molar-refractivity contribution in [2.45, 2.75) is 32.6 Å². The van der Waals surface area contributed by atoms with Gasteiger partial charge in [0.2, 0.25) is 5.91 Å². The Labute approximate surface area is 192 Å². The maximum absolute atomic E-state index is 12.1. The highest BCUT2D eigenvalue weighted by molar-refractivity contribution is 5.78. The van der Waals surface area contributed by atoms with Crippen molar-refractivity contribution in [1.82, 2.24) is 24.5 Å². The standard InChI is InChI=1S/C25H28N6O2/c1-2-4-24(32)30-14-12-29(13-15-30)20-8-6-19(7-9-20)22-17-26-23(31-18-27-28-25(22)31)11-10-21-5-3-16-33-21/h3,5-9,16-18H,2,4,10-15H2,1H3. The number of piperazine rings is 1. The second-order valence-corrected chi connectivity index (χ2v) is 8.36. The molecule has 8 heteroatoms. The number of fused-ring (bicyclic) bond motifs is 1. The average molecular weight is 445 g/mol. The highest BCUT2D eigenvalue weighted by atomic mass is 16.3. The van der Waals surface area contributed by atoms with E-state index >= 15 is 0 Å². The van der Waals surface area contributed by atoms with Crippen molar-refractivity contribution in [3.05, 3.63) is 66.8 Å². The van der Waals surface area contributed by atoms with Gasteiger partial charge in [0, 0.05) is 62.9 Å². The van der Waals surface area contributed by atoms with Crippen LogP contribution in [0, 0.1) is 0 Å². The van der Waals surface area contributed by atoms with Crippen LogP contribution in [-0.4, -0.2) is 56.6 Å². The molecule has 3 aromatic heterocycles. The molecule has 0 spiro atoms. The van der Waals surface area contributed by atoms with Gasteiger partial charge in [0.05, 0.1) is 6.26 Å². The second kappa shape index (κ2) is 9.44. The Kier molecular flexibility index (Phi) is 6.06. The Morgan fingerprint density at radius 1 is 1.06 bits per heavy atom. The van der Waals surface area contributed by atoms with E-state index in [1.807, 2.05) is 34.6 Å². The molecule has 0 bridgehead atoms. The number of aromatic nitrogens is 4. The van der Waals surface area contributed by atoms with Gasteiger partial charge in [-0.3, -0.25) is 9.20 Å². The lowest BCUT2D eigenvalue weighted by Gasteiger charge is -2.36. The number of rotatable bonds is 7. The lowest BCUT2D eigenvalue weighted by atomic mass is 10.1. The van der Waals surface area contributed by atoms with Crippen LogP contribution >= 0.6 is 0 Å². The zero-order valence-corrected chi connectivity index (χ0v) is 18.9. The summed E-state index contributed by atoms with van der Waals surface area (Å²) in [7, 11) is 0. The fourth-order valence-electron chi connectivity index (χ4n) is 4.38. The summed E-state index contributed by atoms with van der Waals surface area (Å²) in [5.74, 6) is 2.11. The number of carbonyl (C=O) groups is 1. The lowest BCUT2D eigenvalue weighted by molar-refractivity contribution is -0.131. The fraction of sp³-hybridized carbons (Fsp3) is 0.360. The van der Waals surface area contributed by atoms with Crippen LogP contribution < -0.4 is 4.90 Å². The molecule has 0 atom stereocenters. The van der Waals surface area contributed by atoms with Gasteiger partial charge in [-0.25, -0.2) is 4.98 Å². The van der Waals surface area contributed by atoms with Crippen LogP contribution in [0.1, 0.15) is 31.4 Å². The van der Waals surface area contributed by atoms with E-state index in [1.54, 1.807) is 12.6 Å². The zero-order chi connectivity index (χ0) is 22.6. The number of nitrogens with zero attached hydrogens (tertiary/aromatic N) is 6. The first-order chi connectivity index (χ1) is 16.2. The topological polar surface area (TPSA) is 79.8 Å². The van der Waals surface area contributed by atoms with Gasteiger partial charge in [-0.2, -0.15) is 0 Å². The minimum Gasteiger partial charge on any atom is -0.469 e. The third-order valence-corrected chi connectivity index (χ3v) is 6.22. The molecular weight excluding hydrogens is 416 g/mol. The van der Waals surface area contributed by atoms with E-state index in [1.165, 1.54) is 5.69 Å².